The normalized spacial score (nSPS) is 18.3. The first kappa shape index (κ1) is 23.4. The summed E-state index contributed by atoms with van der Waals surface area (Å²) in [6.45, 7) is 5.36. The number of nitrogens with two attached hydrogens (primary N) is 1. The van der Waals surface area contributed by atoms with Gasteiger partial charge < -0.3 is 29.8 Å². The van der Waals surface area contributed by atoms with Gasteiger partial charge in [-0.25, -0.2) is 0 Å². The van der Waals surface area contributed by atoms with Crippen LogP contribution in [0.3, 0.4) is 0 Å². The maximum Gasteiger partial charge on any atom is 0.315 e. The van der Waals surface area contributed by atoms with Crippen LogP contribution in [-0.4, -0.2) is 36.9 Å². The minimum atomic E-state index is -1.03. The van der Waals surface area contributed by atoms with Crippen LogP contribution in [0.1, 0.15) is 61.9 Å². The van der Waals surface area contributed by atoms with Crippen molar-refractivity contribution in [3.05, 3.63) is 53.1 Å². The molecule has 172 valence electrons. The average molecular weight is 443 g/mol. The van der Waals surface area contributed by atoms with Crippen molar-refractivity contribution in [3.8, 4) is 17.2 Å². The van der Waals surface area contributed by atoms with E-state index in [0.29, 0.717) is 33.9 Å². The Morgan fingerprint density at radius 3 is 2.38 bits per heavy atom. The summed E-state index contributed by atoms with van der Waals surface area (Å²) in [4.78, 5) is 24.4. The van der Waals surface area contributed by atoms with Gasteiger partial charge in [0.05, 0.1) is 20.6 Å². The van der Waals surface area contributed by atoms with Crippen LogP contribution in [0.4, 0.5) is 0 Å². The number of carbonyl (C=O) groups excluding carboxylic acids is 1. The Hall–Kier alpha value is -3.26. The second kappa shape index (κ2) is 9.08. The van der Waals surface area contributed by atoms with Gasteiger partial charge in [-0.2, -0.15) is 0 Å². The molecule has 32 heavy (non-hydrogen) atoms. The first-order valence-electron chi connectivity index (χ1n) is 10.3. The van der Waals surface area contributed by atoms with E-state index in [9.17, 15) is 14.7 Å². The highest BCUT2D eigenvalue weighted by molar-refractivity contribution is 5.80. The molecule has 3 atom stereocenters. The lowest BCUT2D eigenvalue weighted by atomic mass is 9.89. The van der Waals surface area contributed by atoms with Crippen LogP contribution >= 0.6 is 0 Å². The van der Waals surface area contributed by atoms with E-state index >= 15 is 0 Å². The molecular weight excluding hydrogens is 414 g/mol. The van der Waals surface area contributed by atoms with Crippen molar-refractivity contribution in [2.75, 3.05) is 14.2 Å². The third-order valence-corrected chi connectivity index (χ3v) is 5.16. The Bertz CT molecular complexity index is 1010. The molecule has 1 aliphatic heterocycles. The summed E-state index contributed by atoms with van der Waals surface area (Å²) in [6.07, 6.45) is -0.770. The lowest BCUT2D eigenvalue weighted by Crippen LogP contribution is -2.26. The molecule has 0 spiro atoms. The number of carboxylic acids is 1. The minimum Gasteiger partial charge on any atom is -0.493 e. The number of fused-ring (bicyclic) bond motifs is 1. The number of benzene rings is 2. The molecule has 0 unspecified atom stereocenters. The van der Waals surface area contributed by atoms with E-state index in [4.69, 9.17) is 24.7 Å². The Morgan fingerprint density at radius 2 is 1.78 bits per heavy atom. The maximum absolute atomic E-state index is 12.2. The van der Waals surface area contributed by atoms with Crippen molar-refractivity contribution in [2.24, 2.45) is 5.73 Å². The zero-order valence-electron chi connectivity index (χ0n) is 18.9. The third-order valence-electron chi connectivity index (χ3n) is 5.16. The van der Waals surface area contributed by atoms with Gasteiger partial charge >= 0.3 is 11.9 Å². The molecule has 0 bridgehead atoms. The predicted octanol–water partition coefficient (Wildman–Crippen LogP) is 3.74. The van der Waals surface area contributed by atoms with E-state index < -0.39 is 35.6 Å². The van der Waals surface area contributed by atoms with Gasteiger partial charge in [0.25, 0.3) is 0 Å². The summed E-state index contributed by atoms with van der Waals surface area (Å²) in [5.74, 6) is -0.911. The van der Waals surface area contributed by atoms with E-state index in [1.54, 1.807) is 57.2 Å². The molecule has 1 heterocycles. The van der Waals surface area contributed by atoms with E-state index in [1.807, 2.05) is 0 Å². The van der Waals surface area contributed by atoms with Gasteiger partial charge in [-0.05, 0) is 56.2 Å². The standard InChI is InChI=1S/C24H29NO7/c1-24(2,3)32-20(26)12-16(25)13-6-8-17-15(10-13)21(23(27)28)22(31-17)14-7-9-18(29-4)19(11-14)30-5/h6-11,16,21-22H,12,25H2,1-5H3,(H,27,28)/t16-,21+,22-/m0/s1. The first-order chi connectivity index (χ1) is 15.0. The lowest BCUT2D eigenvalue weighted by molar-refractivity contribution is -0.155. The molecule has 0 saturated heterocycles. The molecule has 2 aromatic rings. The van der Waals surface area contributed by atoms with Gasteiger partial charge in [-0.15, -0.1) is 0 Å². The molecule has 3 rings (SSSR count). The summed E-state index contributed by atoms with van der Waals surface area (Å²) in [5.41, 5.74) is 7.41. The van der Waals surface area contributed by atoms with Gasteiger partial charge in [0.1, 0.15) is 23.4 Å². The Morgan fingerprint density at radius 1 is 1.09 bits per heavy atom. The summed E-state index contributed by atoms with van der Waals surface area (Å²) < 4.78 is 22.0. The van der Waals surface area contributed by atoms with Crippen LogP contribution in [0.5, 0.6) is 17.2 Å². The van der Waals surface area contributed by atoms with Gasteiger partial charge in [-0.3, -0.25) is 9.59 Å². The molecule has 2 aromatic carbocycles. The topological polar surface area (TPSA) is 117 Å². The van der Waals surface area contributed by atoms with E-state index in [2.05, 4.69) is 0 Å². The van der Waals surface area contributed by atoms with Gasteiger partial charge in [-0.1, -0.05) is 12.1 Å². The smallest absolute Gasteiger partial charge is 0.315 e. The van der Waals surface area contributed by atoms with Crippen molar-refractivity contribution < 1.29 is 33.6 Å². The first-order valence-corrected chi connectivity index (χ1v) is 10.3. The number of carboxylic acid groups (broad SMARTS) is 1. The number of hydrogen-bond donors (Lipinski definition) is 2. The highest BCUT2D eigenvalue weighted by Gasteiger charge is 2.41. The number of ether oxygens (including phenoxy) is 4. The SMILES string of the molecule is COc1ccc([C@@H]2Oc3ccc([C@@H](N)CC(=O)OC(C)(C)C)cc3[C@H]2C(=O)O)cc1OC. The molecule has 8 nitrogen and oxygen atoms in total. The highest BCUT2D eigenvalue weighted by Crippen LogP contribution is 2.48. The highest BCUT2D eigenvalue weighted by atomic mass is 16.6. The molecule has 3 N–H and O–H groups in total. The van der Waals surface area contributed by atoms with Crippen LogP contribution in [0.25, 0.3) is 0 Å². The van der Waals surface area contributed by atoms with Crippen LogP contribution in [0.2, 0.25) is 0 Å². The number of aliphatic carboxylic acids is 1. The summed E-state index contributed by atoms with van der Waals surface area (Å²) in [7, 11) is 3.04. The molecule has 0 amide bonds. The van der Waals surface area contributed by atoms with E-state index in [0.717, 1.165) is 0 Å². The van der Waals surface area contributed by atoms with E-state index in [1.165, 1.54) is 14.2 Å². The Kier molecular flexibility index (Phi) is 6.64. The Labute approximate surface area is 187 Å². The number of methoxy groups -OCH3 is 2. The summed E-state index contributed by atoms with van der Waals surface area (Å²) >= 11 is 0. The van der Waals surface area contributed by atoms with Crippen molar-refractivity contribution >= 4 is 11.9 Å². The molecule has 0 aliphatic carbocycles. The number of carbonyl (C=O) groups is 2. The molecule has 0 aromatic heterocycles. The van der Waals surface area contributed by atoms with Gasteiger partial charge in [0.2, 0.25) is 0 Å². The fraction of sp³-hybridized carbons (Fsp3) is 0.417. The van der Waals surface area contributed by atoms with Crippen LogP contribution in [0.15, 0.2) is 36.4 Å². The minimum absolute atomic E-state index is 0.0201. The van der Waals surface area contributed by atoms with Crippen molar-refractivity contribution in [1.29, 1.82) is 0 Å². The van der Waals surface area contributed by atoms with Crippen molar-refractivity contribution in [1.82, 2.24) is 0 Å². The number of esters is 1. The van der Waals surface area contributed by atoms with Crippen LogP contribution in [-0.2, 0) is 14.3 Å². The molecule has 8 heteroatoms. The fourth-order valence-corrected chi connectivity index (χ4v) is 3.75. The zero-order valence-corrected chi connectivity index (χ0v) is 18.9. The fourth-order valence-electron chi connectivity index (χ4n) is 3.75. The van der Waals surface area contributed by atoms with Crippen LogP contribution < -0.4 is 19.9 Å². The van der Waals surface area contributed by atoms with Gasteiger partial charge in [0.15, 0.2) is 11.5 Å². The maximum atomic E-state index is 12.2. The molecule has 1 aliphatic rings. The summed E-state index contributed by atoms with van der Waals surface area (Å²) in [5, 5.41) is 9.98. The number of hydrogen-bond acceptors (Lipinski definition) is 7. The monoisotopic (exact) mass is 443 g/mol. The zero-order chi connectivity index (χ0) is 23.6. The quantitative estimate of drug-likeness (QED) is 0.622. The second-order valence-corrected chi connectivity index (χ2v) is 8.66. The molecule has 0 radical (unpaired) electrons. The predicted molar refractivity (Wildman–Crippen MR) is 117 cm³/mol. The number of rotatable bonds is 7. The van der Waals surface area contributed by atoms with E-state index in [-0.39, 0.29) is 6.42 Å². The molecule has 0 fully saturated rings. The van der Waals surface area contributed by atoms with Crippen LogP contribution in [0, 0.1) is 0 Å². The van der Waals surface area contributed by atoms with Crippen molar-refractivity contribution in [2.45, 2.75) is 50.9 Å². The molecular formula is C24H29NO7. The third kappa shape index (κ3) is 4.96. The Balaban J connectivity index is 1.88. The lowest BCUT2D eigenvalue weighted by Gasteiger charge is -2.21. The summed E-state index contributed by atoms with van der Waals surface area (Å²) in [6, 6.07) is 9.67. The second-order valence-electron chi connectivity index (χ2n) is 8.66. The average Bonchev–Trinajstić information content (AvgIpc) is 3.10. The van der Waals surface area contributed by atoms with Gasteiger partial charge in [0, 0.05) is 11.6 Å². The largest absolute Gasteiger partial charge is 0.493 e. The van der Waals surface area contributed by atoms with Crippen molar-refractivity contribution in [3.63, 3.8) is 0 Å². The molecule has 0 saturated carbocycles.